The van der Waals surface area contributed by atoms with Crippen LogP contribution in [0.15, 0.2) is 47.3 Å². The summed E-state index contributed by atoms with van der Waals surface area (Å²) in [5.41, 5.74) is 2.22. The molecule has 3 heterocycles. The van der Waals surface area contributed by atoms with Gasteiger partial charge in [0.1, 0.15) is 5.75 Å². The first kappa shape index (κ1) is 20.7. The highest BCUT2D eigenvalue weighted by Crippen LogP contribution is 2.42. The Morgan fingerprint density at radius 2 is 2.00 bits per heavy atom. The molecule has 0 spiro atoms. The standard InChI is InChI=1S/C24H31N3O3/c1-3-7-20-18-12-19(21-9-6-11-24(29)27(20)21)15-26(14-18)16-23(28)25-13-17-8-4-5-10-22(17)30-2/h4-6,8-11,18-20H,3,7,12-16H2,1-2H3,(H,25,28)/t18-,19+,20-/m0/s1. The molecule has 2 bridgehead atoms. The van der Waals surface area contributed by atoms with Crippen LogP contribution < -0.4 is 15.6 Å². The lowest BCUT2D eigenvalue weighted by Crippen LogP contribution is -2.51. The molecular weight excluding hydrogens is 378 g/mol. The van der Waals surface area contributed by atoms with E-state index in [0.29, 0.717) is 24.9 Å². The molecule has 1 fully saturated rings. The second-order valence-electron chi connectivity index (χ2n) is 8.49. The number of ether oxygens (including phenoxy) is 1. The second-order valence-corrected chi connectivity index (χ2v) is 8.49. The smallest absolute Gasteiger partial charge is 0.250 e. The first-order valence-corrected chi connectivity index (χ1v) is 10.9. The number of benzene rings is 1. The molecule has 0 unspecified atom stereocenters. The third-order valence-corrected chi connectivity index (χ3v) is 6.49. The van der Waals surface area contributed by atoms with Gasteiger partial charge in [-0.1, -0.05) is 37.6 Å². The summed E-state index contributed by atoms with van der Waals surface area (Å²) in [6.45, 7) is 4.70. The van der Waals surface area contributed by atoms with E-state index in [-0.39, 0.29) is 17.5 Å². The lowest BCUT2D eigenvalue weighted by Gasteiger charge is -2.47. The Morgan fingerprint density at radius 3 is 2.80 bits per heavy atom. The molecule has 160 valence electrons. The van der Waals surface area contributed by atoms with E-state index in [1.807, 2.05) is 34.9 Å². The highest BCUT2D eigenvalue weighted by Gasteiger charge is 2.40. The number of aromatic nitrogens is 1. The maximum absolute atomic E-state index is 12.7. The number of nitrogens with one attached hydrogen (secondary N) is 1. The van der Waals surface area contributed by atoms with Crippen LogP contribution in [0.4, 0.5) is 0 Å². The van der Waals surface area contributed by atoms with Gasteiger partial charge < -0.3 is 14.6 Å². The first-order valence-electron chi connectivity index (χ1n) is 10.9. The summed E-state index contributed by atoms with van der Waals surface area (Å²) in [6, 6.07) is 13.6. The molecule has 1 N–H and O–H groups in total. The number of nitrogens with zero attached hydrogens (tertiary/aromatic N) is 2. The van der Waals surface area contributed by atoms with Crippen molar-refractivity contribution in [2.24, 2.45) is 5.92 Å². The quantitative estimate of drug-likeness (QED) is 0.764. The molecule has 2 aliphatic heterocycles. The van der Waals surface area contributed by atoms with Gasteiger partial charge in [-0.3, -0.25) is 14.5 Å². The summed E-state index contributed by atoms with van der Waals surface area (Å²) in [4.78, 5) is 27.5. The van der Waals surface area contributed by atoms with Crippen LogP contribution >= 0.6 is 0 Å². The monoisotopic (exact) mass is 409 g/mol. The minimum absolute atomic E-state index is 0.0263. The second kappa shape index (κ2) is 9.04. The SMILES string of the molecule is CCC[C@H]1[C@H]2C[C@H](CN(CC(=O)NCc3ccccc3OC)C2)c2cccc(=O)n21. The molecule has 6 nitrogen and oxygen atoms in total. The van der Waals surface area contributed by atoms with Crippen LogP contribution in [0.3, 0.4) is 0 Å². The Kier molecular flexibility index (Phi) is 6.23. The van der Waals surface area contributed by atoms with Crippen LogP contribution in [0.1, 0.15) is 49.4 Å². The van der Waals surface area contributed by atoms with Crippen molar-refractivity contribution in [2.45, 2.75) is 44.7 Å². The predicted molar refractivity (Wildman–Crippen MR) is 117 cm³/mol. The van der Waals surface area contributed by atoms with Crippen LogP contribution in [0, 0.1) is 5.92 Å². The molecule has 0 aliphatic carbocycles. The highest BCUT2D eigenvalue weighted by molar-refractivity contribution is 5.78. The van der Waals surface area contributed by atoms with Gasteiger partial charge in [0.25, 0.3) is 5.56 Å². The number of likely N-dealkylation sites (tertiary alicyclic amines) is 1. The summed E-state index contributed by atoms with van der Waals surface area (Å²) in [6.07, 6.45) is 3.15. The summed E-state index contributed by atoms with van der Waals surface area (Å²) < 4.78 is 7.41. The fourth-order valence-electron chi connectivity index (χ4n) is 5.23. The minimum atomic E-state index is 0.0263. The molecule has 0 saturated carbocycles. The zero-order valence-corrected chi connectivity index (χ0v) is 17.8. The van der Waals surface area contributed by atoms with Gasteiger partial charge in [0.15, 0.2) is 0 Å². The number of carbonyl (C=O) groups excluding carboxylic acids is 1. The number of carbonyl (C=O) groups is 1. The Morgan fingerprint density at radius 1 is 1.17 bits per heavy atom. The molecule has 2 aromatic rings. The Labute approximate surface area is 177 Å². The normalized spacial score (nSPS) is 22.9. The van der Waals surface area contributed by atoms with E-state index in [4.69, 9.17) is 4.74 Å². The maximum atomic E-state index is 12.7. The largest absolute Gasteiger partial charge is 0.496 e. The number of methoxy groups -OCH3 is 1. The average Bonchev–Trinajstić information content (AvgIpc) is 2.75. The predicted octanol–water partition coefficient (Wildman–Crippen LogP) is 2.93. The topological polar surface area (TPSA) is 63.6 Å². The average molecular weight is 410 g/mol. The van der Waals surface area contributed by atoms with Crippen LogP contribution in [0.25, 0.3) is 0 Å². The Balaban J connectivity index is 1.44. The number of hydrogen-bond donors (Lipinski definition) is 1. The Hall–Kier alpha value is -2.60. The zero-order chi connectivity index (χ0) is 21.1. The van der Waals surface area contributed by atoms with Crippen molar-refractivity contribution in [3.63, 3.8) is 0 Å². The molecule has 6 heteroatoms. The number of para-hydroxylation sites is 1. The third kappa shape index (κ3) is 4.15. The highest BCUT2D eigenvalue weighted by atomic mass is 16.5. The van der Waals surface area contributed by atoms with Gasteiger partial charge >= 0.3 is 0 Å². The van der Waals surface area contributed by atoms with E-state index >= 15 is 0 Å². The molecule has 2 aliphatic rings. The van der Waals surface area contributed by atoms with Crippen LogP contribution in [0.2, 0.25) is 0 Å². The summed E-state index contributed by atoms with van der Waals surface area (Å²) >= 11 is 0. The number of piperidine rings is 1. The van der Waals surface area contributed by atoms with Crippen molar-refractivity contribution in [1.82, 2.24) is 14.8 Å². The summed E-state index contributed by atoms with van der Waals surface area (Å²) in [7, 11) is 1.64. The first-order chi connectivity index (χ1) is 14.6. The summed E-state index contributed by atoms with van der Waals surface area (Å²) in [5, 5.41) is 3.04. The van der Waals surface area contributed by atoms with E-state index in [2.05, 4.69) is 23.2 Å². The molecule has 1 amide bonds. The third-order valence-electron chi connectivity index (χ3n) is 6.49. The van der Waals surface area contributed by atoms with Gasteiger partial charge in [0, 0.05) is 48.9 Å². The van der Waals surface area contributed by atoms with Crippen LogP contribution in [-0.4, -0.2) is 42.1 Å². The van der Waals surface area contributed by atoms with Gasteiger partial charge in [0.05, 0.1) is 13.7 Å². The van der Waals surface area contributed by atoms with Crippen LogP contribution in [-0.2, 0) is 11.3 Å². The molecule has 1 aromatic heterocycles. The number of hydrogen-bond acceptors (Lipinski definition) is 4. The maximum Gasteiger partial charge on any atom is 0.250 e. The molecule has 0 radical (unpaired) electrons. The molecular formula is C24H31N3O3. The van der Waals surface area contributed by atoms with Gasteiger partial charge in [0.2, 0.25) is 5.91 Å². The van der Waals surface area contributed by atoms with Crippen LogP contribution in [0.5, 0.6) is 5.75 Å². The van der Waals surface area contributed by atoms with Gasteiger partial charge in [-0.2, -0.15) is 0 Å². The molecule has 3 atom stereocenters. The van der Waals surface area contributed by atoms with E-state index < -0.39 is 0 Å². The number of amides is 1. The molecule has 1 aromatic carbocycles. The lowest BCUT2D eigenvalue weighted by atomic mass is 9.77. The molecule has 4 rings (SSSR count). The fourth-order valence-corrected chi connectivity index (χ4v) is 5.23. The minimum Gasteiger partial charge on any atom is -0.496 e. The van der Waals surface area contributed by atoms with Crippen molar-refractivity contribution in [2.75, 3.05) is 26.7 Å². The van der Waals surface area contributed by atoms with Crippen molar-refractivity contribution in [3.05, 3.63) is 64.1 Å². The zero-order valence-electron chi connectivity index (χ0n) is 17.8. The van der Waals surface area contributed by atoms with Gasteiger partial charge in [-0.25, -0.2) is 0 Å². The van der Waals surface area contributed by atoms with E-state index in [1.54, 1.807) is 13.2 Å². The van der Waals surface area contributed by atoms with Crippen molar-refractivity contribution >= 4 is 5.91 Å². The van der Waals surface area contributed by atoms with Crippen molar-refractivity contribution in [1.29, 1.82) is 0 Å². The van der Waals surface area contributed by atoms with Crippen molar-refractivity contribution in [3.8, 4) is 5.75 Å². The number of pyridine rings is 1. The van der Waals surface area contributed by atoms with E-state index in [1.165, 1.54) is 0 Å². The Bertz CT molecular complexity index is 955. The van der Waals surface area contributed by atoms with Gasteiger partial charge in [-0.05, 0) is 30.9 Å². The lowest BCUT2D eigenvalue weighted by molar-refractivity contribution is -0.123. The van der Waals surface area contributed by atoms with E-state index in [0.717, 1.165) is 49.4 Å². The fraction of sp³-hybridized carbons (Fsp3) is 0.500. The van der Waals surface area contributed by atoms with Gasteiger partial charge in [-0.15, -0.1) is 0 Å². The number of rotatable bonds is 7. The number of fused-ring (bicyclic) bond motifs is 4. The summed E-state index contributed by atoms with van der Waals surface area (Å²) in [5.74, 6) is 1.54. The molecule has 30 heavy (non-hydrogen) atoms. The van der Waals surface area contributed by atoms with Crippen molar-refractivity contribution < 1.29 is 9.53 Å². The van der Waals surface area contributed by atoms with E-state index in [9.17, 15) is 9.59 Å². The molecule has 1 saturated heterocycles.